The van der Waals surface area contributed by atoms with Crippen molar-refractivity contribution in [3.05, 3.63) is 53.1 Å². The summed E-state index contributed by atoms with van der Waals surface area (Å²) in [6.45, 7) is 6.94. The summed E-state index contributed by atoms with van der Waals surface area (Å²) in [5, 5.41) is 14.3. The van der Waals surface area contributed by atoms with Gasteiger partial charge in [-0.05, 0) is 26.3 Å². The third-order valence-corrected chi connectivity index (χ3v) is 4.31. The minimum Gasteiger partial charge on any atom is -0.349 e. The number of hydrogen-bond acceptors (Lipinski definition) is 4. The van der Waals surface area contributed by atoms with Gasteiger partial charge in [-0.15, -0.1) is 0 Å². The van der Waals surface area contributed by atoms with Gasteiger partial charge >= 0.3 is 0 Å². The van der Waals surface area contributed by atoms with Crippen LogP contribution >= 0.6 is 0 Å². The van der Waals surface area contributed by atoms with Crippen LogP contribution < -0.4 is 5.32 Å². The fraction of sp³-hybridized carbons (Fsp3) is 0.333. The molecule has 3 aromatic rings. The van der Waals surface area contributed by atoms with Gasteiger partial charge < -0.3 is 5.32 Å². The molecule has 0 saturated heterocycles. The van der Waals surface area contributed by atoms with Crippen LogP contribution in [0.25, 0.3) is 11.4 Å². The Morgan fingerprint density at radius 1 is 1.20 bits per heavy atom. The lowest BCUT2D eigenvalue weighted by atomic mass is 10.2. The van der Waals surface area contributed by atoms with E-state index >= 15 is 0 Å². The number of H-pyrrole nitrogens is 1. The Kier molecular flexibility index (Phi) is 4.92. The third kappa shape index (κ3) is 3.93. The monoisotopic (exact) mass is 338 g/mol. The molecule has 7 heteroatoms. The number of benzene rings is 1. The summed E-state index contributed by atoms with van der Waals surface area (Å²) in [6, 6.07) is 9.72. The van der Waals surface area contributed by atoms with E-state index in [0.717, 1.165) is 17.0 Å². The van der Waals surface area contributed by atoms with Gasteiger partial charge in [0.05, 0.1) is 12.2 Å². The SMILES string of the molecule is Cc1nn(CCC(=O)NCc2nc(-c3ccccc3)n[nH]2)c(C)c1C. The third-order valence-electron chi connectivity index (χ3n) is 4.31. The van der Waals surface area contributed by atoms with Gasteiger partial charge in [0.15, 0.2) is 5.82 Å². The Labute approximate surface area is 146 Å². The first-order valence-corrected chi connectivity index (χ1v) is 8.28. The average Bonchev–Trinajstić information content (AvgIpc) is 3.20. The van der Waals surface area contributed by atoms with E-state index in [1.54, 1.807) is 0 Å². The Morgan fingerprint density at radius 3 is 2.64 bits per heavy atom. The number of aromatic nitrogens is 5. The van der Waals surface area contributed by atoms with Crippen molar-refractivity contribution in [2.45, 2.75) is 40.3 Å². The highest BCUT2D eigenvalue weighted by molar-refractivity contribution is 5.75. The highest BCUT2D eigenvalue weighted by atomic mass is 16.1. The van der Waals surface area contributed by atoms with Gasteiger partial charge in [-0.2, -0.15) is 10.2 Å². The topological polar surface area (TPSA) is 88.5 Å². The molecule has 0 bridgehead atoms. The quantitative estimate of drug-likeness (QED) is 0.722. The van der Waals surface area contributed by atoms with Crippen molar-refractivity contribution in [1.29, 1.82) is 0 Å². The standard InChI is InChI=1S/C18H22N6O/c1-12-13(2)23-24(14(12)3)10-9-17(25)19-11-16-20-18(22-21-16)15-7-5-4-6-8-15/h4-8H,9-11H2,1-3H3,(H,19,25)(H,20,21,22). The number of nitrogens with zero attached hydrogens (tertiary/aromatic N) is 4. The van der Waals surface area contributed by atoms with Crippen LogP contribution in [0.15, 0.2) is 30.3 Å². The second kappa shape index (κ2) is 7.29. The van der Waals surface area contributed by atoms with E-state index in [1.807, 2.05) is 55.8 Å². The first kappa shape index (κ1) is 16.9. The van der Waals surface area contributed by atoms with E-state index < -0.39 is 0 Å². The maximum absolute atomic E-state index is 12.1. The molecule has 0 fully saturated rings. The van der Waals surface area contributed by atoms with Crippen molar-refractivity contribution in [2.24, 2.45) is 0 Å². The molecular weight excluding hydrogens is 316 g/mol. The van der Waals surface area contributed by atoms with Gasteiger partial charge in [0.1, 0.15) is 5.82 Å². The van der Waals surface area contributed by atoms with Crippen LogP contribution in [-0.2, 0) is 17.9 Å². The minimum atomic E-state index is -0.0390. The molecule has 1 amide bonds. The van der Waals surface area contributed by atoms with Crippen LogP contribution in [0.1, 0.15) is 29.2 Å². The van der Waals surface area contributed by atoms with Gasteiger partial charge in [0.25, 0.3) is 0 Å². The van der Waals surface area contributed by atoms with Crippen molar-refractivity contribution in [3.8, 4) is 11.4 Å². The molecule has 0 aliphatic carbocycles. The molecule has 2 aromatic heterocycles. The molecule has 25 heavy (non-hydrogen) atoms. The zero-order valence-corrected chi connectivity index (χ0v) is 14.7. The van der Waals surface area contributed by atoms with Crippen LogP contribution in [0, 0.1) is 20.8 Å². The van der Waals surface area contributed by atoms with Gasteiger partial charge in [0, 0.05) is 24.2 Å². The average molecular weight is 338 g/mol. The van der Waals surface area contributed by atoms with E-state index in [4.69, 9.17) is 0 Å². The van der Waals surface area contributed by atoms with E-state index in [9.17, 15) is 4.79 Å². The maximum atomic E-state index is 12.1. The molecule has 2 N–H and O–H groups in total. The predicted octanol–water partition coefficient (Wildman–Crippen LogP) is 2.30. The molecular formula is C18H22N6O. The molecule has 0 atom stereocenters. The van der Waals surface area contributed by atoms with Gasteiger partial charge in [-0.3, -0.25) is 14.6 Å². The first-order valence-electron chi connectivity index (χ1n) is 8.28. The number of nitrogens with one attached hydrogen (secondary N) is 2. The summed E-state index contributed by atoms with van der Waals surface area (Å²) >= 11 is 0. The number of carbonyl (C=O) groups is 1. The van der Waals surface area contributed by atoms with Crippen LogP contribution in [-0.4, -0.2) is 30.9 Å². The fourth-order valence-electron chi connectivity index (χ4n) is 2.57. The molecule has 3 rings (SSSR count). The molecule has 0 aliphatic heterocycles. The Hall–Kier alpha value is -2.96. The predicted molar refractivity (Wildman–Crippen MR) is 94.7 cm³/mol. The van der Waals surface area contributed by atoms with E-state index in [2.05, 4.69) is 25.6 Å². The summed E-state index contributed by atoms with van der Waals surface area (Å²) in [5.41, 5.74) is 4.23. The largest absolute Gasteiger partial charge is 0.349 e. The number of amides is 1. The summed E-state index contributed by atoms with van der Waals surface area (Å²) in [4.78, 5) is 16.5. The van der Waals surface area contributed by atoms with Crippen molar-refractivity contribution in [1.82, 2.24) is 30.3 Å². The van der Waals surface area contributed by atoms with Crippen molar-refractivity contribution >= 4 is 5.91 Å². The van der Waals surface area contributed by atoms with Gasteiger partial charge in [-0.25, -0.2) is 4.98 Å². The number of hydrogen-bond donors (Lipinski definition) is 2. The van der Waals surface area contributed by atoms with E-state index in [1.165, 1.54) is 5.56 Å². The molecule has 7 nitrogen and oxygen atoms in total. The first-order chi connectivity index (χ1) is 12.0. The normalized spacial score (nSPS) is 10.8. The minimum absolute atomic E-state index is 0.0390. The second-order valence-corrected chi connectivity index (χ2v) is 6.02. The molecule has 1 aromatic carbocycles. The lowest BCUT2D eigenvalue weighted by Crippen LogP contribution is -2.24. The van der Waals surface area contributed by atoms with Gasteiger partial charge in [0.2, 0.25) is 5.91 Å². The van der Waals surface area contributed by atoms with Crippen molar-refractivity contribution in [2.75, 3.05) is 0 Å². The summed E-state index contributed by atoms with van der Waals surface area (Å²) in [7, 11) is 0. The van der Waals surface area contributed by atoms with Crippen molar-refractivity contribution in [3.63, 3.8) is 0 Å². The highest BCUT2D eigenvalue weighted by Gasteiger charge is 2.10. The lowest BCUT2D eigenvalue weighted by Gasteiger charge is -2.05. The molecule has 2 heterocycles. The van der Waals surface area contributed by atoms with Crippen LogP contribution in [0.4, 0.5) is 0 Å². The van der Waals surface area contributed by atoms with Crippen molar-refractivity contribution < 1.29 is 4.79 Å². The molecule has 0 unspecified atom stereocenters. The molecule has 0 aliphatic rings. The number of aromatic amines is 1. The van der Waals surface area contributed by atoms with Crippen LogP contribution in [0.2, 0.25) is 0 Å². The maximum Gasteiger partial charge on any atom is 0.222 e. The highest BCUT2D eigenvalue weighted by Crippen LogP contribution is 2.13. The molecule has 130 valence electrons. The smallest absolute Gasteiger partial charge is 0.222 e. The second-order valence-electron chi connectivity index (χ2n) is 6.02. The zero-order chi connectivity index (χ0) is 17.8. The summed E-state index contributed by atoms with van der Waals surface area (Å²) < 4.78 is 1.88. The van der Waals surface area contributed by atoms with Gasteiger partial charge in [-0.1, -0.05) is 30.3 Å². The molecule has 0 spiro atoms. The summed E-state index contributed by atoms with van der Waals surface area (Å²) in [5.74, 6) is 1.22. The fourth-order valence-corrected chi connectivity index (χ4v) is 2.57. The number of aryl methyl sites for hydroxylation is 2. The molecule has 0 saturated carbocycles. The Balaban J connectivity index is 1.51. The zero-order valence-electron chi connectivity index (χ0n) is 14.7. The molecule has 0 radical (unpaired) electrons. The number of carbonyl (C=O) groups excluding carboxylic acids is 1. The lowest BCUT2D eigenvalue weighted by molar-refractivity contribution is -0.121. The van der Waals surface area contributed by atoms with Crippen LogP contribution in [0.3, 0.4) is 0 Å². The summed E-state index contributed by atoms with van der Waals surface area (Å²) in [6.07, 6.45) is 0.376. The van der Waals surface area contributed by atoms with E-state index in [0.29, 0.717) is 31.2 Å². The number of rotatable bonds is 6. The Morgan fingerprint density at radius 2 is 1.96 bits per heavy atom. The Bertz CT molecular complexity index is 865. The van der Waals surface area contributed by atoms with E-state index in [-0.39, 0.29) is 5.91 Å². The van der Waals surface area contributed by atoms with Crippen LogP contribution in [0.5, 0.6) is 0 Å².